The Labute approximate surface area is 130 Å². The minimum atomic E-state index is -0.511. The lowest BCUT2D eigenvalue weighted by Gasteiger charge is -2.13. The Morgan fingerprint density at radius 2 is 2.05 bits per heavy atom. The fraction of sp³-hybridized carbons (Fsp3) is 0.133. The Hall–Kier alpha value is -2.08. The average Bonchev–Trinajstić information content (AvgIpc) is 2.45. The van der Waals surface area contributed by atoms with Crippen molar-refractivity contribution in [3.63, 3.8) is 0 Å². The van der Waals surface area contributed by atoms with E-state index in [2.05, 4.69) is 21.2 Å². The molecule has 0 spiro atoms. The van der Waals surface area contributed by atoms with E-state index in [4.69, 9.17) is 10.5 Å². The molecule has 0 aliphatic carbocycles. The van der Waals surface area contributed by atoms with Gasteiger partial charge in [0.1, 0.15) is 5.82 Å². The van der Waals surface area contributed by atoms with Gasteiger partial charge in [-0.05, 0) is 43.3 Å². The van der Waals surface area contributed by atoms with E-state index in [1.165, 1.54) is 12.1 Å². The second-order valence-electron chi connectivity index (χ2n) is 4.27. The molecule has 6 heteroatoms. The first-order chi connectivity index (χ1) is 10.0. The highest BCUT2D eigenvalue weighted by molar-refractivity contribution is 9.10. The van der Waals surface area contributed by atoms with E-state index in [0.717, 1.165) is 4.47 Å². The number of carbonyl (C=O) groups excluding carboxylic acids is 1. The molecule has 0 bridgehead atoms. The van der Waals surface area contributed by atoms with E-state index in [0.29, 0.717) is 11.4 Å². The summed E-state index contributed by atoms with van der Waals surface area (Å²) < 4.78 is 19.5. The molecule has 2 aromatic rings. The zero-order chi connectivity index (χ0) is 15.4. The van der Waals surface area contributed by atoms with Crippen LogP contribution in [0, 0.1) is 5.82 Å². The van der Waals surface area contributed by atoms with Crippen LogP contribution in [0.2, 0.25) is 0 Å². The van der Waals surface area contributed by atoms with Crippen molar-refractivity contribution in [3.05, 3.63) is 52.3 Å². The molecular weight excluding hydrogens is 339 g/mol. The maximum Gasteiger partial charge on any atom is 0.340 e. The fourth-order valence-corrected chi connectivity index (χ4v) is 2.15. The van der Waals surface area contributed by atoms with Gasteiger partial charge >= 0.3 is 5.97 Å². The number of esters is 1. The second-order valence-corrected chi connectivity index (χ2v) is 5.19. The monoisotopic (exact) mass is 352 g/mol. The molecule has 0 saturated carbocycles. The van der Waals surface area contributed by atoms with Crippen LogP contribution < -0.4 is 11.1 Å². The van der Waals surface area contributed by atoms with Gasteiger partial charge in [0.05, 0.1) is 23.5 Å². The summed E-state index contributed by atoms with van der Waals surface area (Å²) in [6, 6.07) is 9.24. The Morgan fingerprint density at radius 3 is 2.76 bits per heavy atom. The van der Waals surface area contributed by atoms with Crippen molar-refractivity contribution in [3.8, 4) is 0 Å². The molecule has 0 radical (unpaired) electrons. The summed E-state index contributed by atoms with van der Waals surface area (Å²) in [7, 11) is 0. The van der Waals surface area contributed by atoms with E-state index >= 15 is 0 Å². The summed E-state index contributed by atoms with van der Waals surface area (Å²) in [5.74, 6) is -0.937. The van der Waals surface area contributed by atoms with Gasteiger partial charge in [-0.3, -0.25) is 0 Å². The van der Waals surface area contributed by atoms with E-state index in [1.807, 2.05) is 0 Å². The number of nitrogen functional groups attached to an aromatic ring is 1. The SMILES string of the molecule is CCOC(=O)c1cc(N)ccc1Nc1cc(Br)ccc1F. The Morgan fingerprint density at radius 1 is 1.29 bits per heavy atom. The highest BCUT2D eigenvalue weighted by Gasteiger charge is 2.14. The van der Waals surface area contributed by atoms with E-state index in [-0.39, 0.29) is 17.9 Å². The van der Waals surface area contributed by atoms with Gasteiger partial charge in [-0.2, -0.15) is 0 Å². The normalized spacial score (nSPS) is 10.2. The summed E-state index contributed by atoms with van der Waals surface area (Å²) in [5, 5.41) is 2.89. The molecule has 0 saturated heterocycles. The first-order valence-electron chi connectivity index (χ1n) is 6.30. The van der Waals surface area contributed by atoms with Gasteiger partial charge in [-0.1, -0.05) is 15.9 Å². The zero-order valence-electron chi connectivity index (χ0n) is 11.3. The zero-order valence-corrected chi connectivity index (χ0v) is 12.9. The molecular formula is C15H14BrFN2O2. The number of halogens is 2. The number of carbonyl (C=O) groups is 1. The van der Waals surface area contributed by atoms with Crippen LogP contribution in [-0.4, -0.2) is 12.6 Å². The topological polar surface area (TPSA) is 64.3 Å². The maximum absolute atomic E-state index is 13.8. The molecule has 0 fully saturated rings. The minimum absolute atomic E-state index is 0.248. The first-order valence-corrected chi connectivity index (χ1v) is 7.09. The van der Waals surface area contributed by atoms with Crippen molar-refractivity contribution in [2.75, 3.05) is 17.7 Å². The lowest BCUT2D eigenvalue weighted by Crippen LogP contribution is -2.09. The van der Waals surface area contributed by atoms with Gasteiger partial charge < -0.3 is 15.8 Å². The van der Waals surface area contributed by atoms with Crippen LogP contribution in [0.1, 0.15) is 17.3 Å². The van der Waals surface area contributed by atoms with Crippen LogP contribution in [0.4, 0.5) is 21.5 Å². The molecule has 3 N–H and O–H groups in total. The van der Waals surface area contributed by atoms with Crippen molar-refractivity contribution in [1.29, 1.82) is 0 Å². The molecule has 0 heterocycles. The van der Waals surface area contributed by atoms with Crippen LogP contribution in [0.5, 0.6) is 0 Å². The van der Waals surface area contributed by atoms with Gasteiger partial charge in [0.2, 0.25) is 0 Å². The fourth-order valence-electron chi connectivity index (χ4n) is 1.79. The van der Waals surface area contributed by atoms with E-state index in [9.17, 15) is 9.18 Å². The summed E-state index contributed by atoms with van der Waals surface area (Å²) in [6.07, 6.45) is 0. The third-order valence-electron chi connectivity index (χ3n) is 2.74. The van der Waals surface area contributed by atoms with Gasteiger partial charge in [0.15, 0.2) is 0 Å². The van der Waals surface area contributed by atoms with Gasteiger partial charge in [-0.25, -0.2) is 9.18 Å². The lowest BCUT2D eigenvalue weighted by atomic mass is 10.1. The summed E-state index contributed by atoms with van der Waals surface area (Å²) in [5.41, 5.74) is 7.06. The molecule has 0 unspecified atom stereocenters. The van der Waals surface area contributed by atoms with Crippen molar-refractivity contribution < 1.29 is 13.9 Å². The van der Waals surface area contributed by atoms with Crippen molar-refractivity contribution in [1.82, 2.24) is 0 Å². The molecule has 0 atom stereocenters. The number of ether oxygens (including phenoxy) is 1. The molecule has 0 aromatic heterocycles. The largest absolute Gasteiger partial charge is 0.462 e. The predicted molar refractivity (Wildman–Crippen MR) is 84.2 cm³/mol. The molecule has 21 heavy (non-hydrogen) atoms. The number of hydrogen-bond acceptors (Lipinski definition) is 4. The quantitative estimate of drug-likeness (QED) is 0.642. The Balaban J connectivity index is 2.39. The number of benzene rings is 2. The van der Waals surface area contributed by atoms with Crippen molar-refractivity contribution in [2.24, 2.45) is 0 Å². The van der Waals surface area contributed by atoms with Crippen molar-refractivity contribution >= 4 is 39.0 Å². The molecule has 2 aromatic carbocycles. The van der Waals surface area contributed by atoms with Crippen LogP contribution >= 0.6 is 15.9 Å². The maximum atomic E-state index is 13.8. The lowest BCUT2D eigenvalue weighted by molar-refractivity contribution is 0.0527. The minimum Gasteiger partial charge on any atom is -0.462 e. The van der Waals surface area contributed by atoms with E-state index < -0.39 is 11.8 Å². The van der Waals surface area contributed by atoms with Crippen LogP contribution in [0.25, 0.3) is 0 Å². The third-order valence-corrected chi connectivity index (χ3v) is 3.23. The van der Waals surface area contributed by atoms with Crippen molar-refractivity contribution in [2.45, 2.75) is 6.92 Å². The van der Waals surface area contributed by atoms with Crippen LogP contribution in [0.3, 0.4) is 0 Å². The predicted octanol–water partition coefficient (Wildman–Crippen LogP) is 4.09. The molecule has 2 rings (SSSR count). The summed E-state index contributed by atoms with van der Waals surface area (Å²) in [4.78, 5) is 11.9. The highest BCUT2D eigenvalue weighted by Crippen LogP contribution is 2.27. The van der Waals surface area contributed by atoms with Gasteiger partial charge in [-0.15, -0.1) is 0 Å². The second kappa shape index (κ2) is 6.58. The number of nitrogens with one attached hydrogen (secondary N) is 1. The van der Waals surface area contributed by atoms with E-state index in [1.54, 1.807) is 31.2 Å². The Bertz CT molecular complexity index is 677. The summed E-state index contributed by atoms with van der Waals surface area (Å²) >= 11 is 3.28. The molecule has 0 aliphatic heterocycles. The molecule has 4 nitrogen and oxygen atoms in total. The van der Waals surface area contributed by atoms with Gasteiger partial charge in [0.25, 0.3) is 0 Å². The number of rotatable bonds is 4. The smallest absolute Gasteiger partial charge is 0.340 e. The number of anilines is 3. The van der Waals surface area contributed by atoms with Gasteiger partial charge in [0, 0.05) is 10.2 Å². The number of hydrogen-bond donors (Lipinski definition) is 2. The highest BCUT2D eigenvalue weighted by atomic mass is 79.9. The molecule has 0 aliphatic rings. The summed E-state index contributed by atoms with van der Waals surface area (Å²) in [6.45, 7) is 1.96. The first kappa shape index (κ1) is 15.3. The molecule has 0 amide bonds. The van der Waals surface area contributed by atoms with Crippen LogP contribution in [-0.2, 0) is 4.74 Å². The standard InChI is InChI=1S/C15H14BrFN2O2/c1-2-21-15(20)11-8-10(18)4-6-13(11)19-14-7-9(16)3-5-12(14)17/h3-8,19H,2,18H2,1H3. The molecule has 110 valence electrons. The number of nitrogens with two attached hydrogens (primary N) is 1. The third kappa shape index (κ3) is 3.72. The van der Waals surface area contributed by atoms with Crippen LogP contribution in [0.15, 0.2) is 40.9 Å². The average molecular weight is 353 g/mol. The Kier molecular flexibility index (Phi) is 4.80.